The normalized spacial score (nSPS) is 30.6. The molecule has 2 rings (SSSR count). The van der Waals surface area contributed by atoms with Gasteiger partial charge < -0.3 is 4.74 Å². The van der Waals surface area contributed by atoms with E-state index < -0.39 is 0 Å². The average molecular weight is 197 g/mol. The minimum atomic E-state index is -0.312. The summed E-state index contributed by atoms with van der Waals surface area (Å²) in [7, 11) is 0. The molecule has 0 radical (unpaired) electrons. The Labute approximate surface area is 83.2 Å². The maximum Gasteiger partial charge on any atom is 0.410 e. The minimum Gasteiger partial charge on any atom is -0.450 e. The van der Waals surface area contributed by atoms with Gasteiger partial charge in [-0.1, -0.05) is 0 Å². The second-order valence-corrected chi connectivity index (χ2v) is 3.86. The van der Waals surface area contributed by atoms with Crippen molar-refractivity contribution >= 4 is 11.9 Å². The van der Waals surface area contributed by atoms with E-state index in [2.05, 4.69) is 0 Å². The number of hydrogen-bond donors (Lipinski definition) is 0. The van der Waals surface area contributed by atoms with Crippen LogP contribution in [0.15, 0.2) is 0 Å². The molecule has 0 spiro atoms. The van der Waals surface area contributed by atoms with Crippen LogP contribution >= 0.6 is 0 Å². The molecule has 78 valence electrons. The predicted molar refractivity (Wildman–Crippen MR) is 49.9 cm³/mol. The van der Waals surface area contributed by atoms with Crippen LogP contribution in [0.1, 0.15) is 32.6 Å². The summed E-state index contributed by atoms with van der Waals surface area (Å²) in [6.45, 7) is 2.16. The molecule has 0 saturated carbocycles. The quantitative estimate of drug-likeness (QED) is 0.637. The number of amides is 1. The summed E-state index contributed by atoms with van der Waals surface area (Å²) in [4.78, 5) is 24.7. The van der Waals surface area contributed by atoms with Crippen molar-refractivity contribution in [2.75, 3.05) is 6.61 Å². The lowest BCUT2D eigenvalue weighted by atomic mass is 10.0. The summed E-state index contributed by atoms with van der Waals surface area (Å²) in [5.74, 6) is 0.201. The predicted octanol–water partition coefficient (Wildman–Crippen LogP) is 1.34. The van der Waals surface area contributed by atoms with Crippen LogP contribution in [-0.2, 0) is 9.53 Å². The van der Waals surface area contributed by atoms with Gasteiger partial charge in [0.2, 0.25) is 0 Å². The third-order valence-electron chi connectivity index (χ3n) is 3.08. The highest BCUT2D eigenvalue weighted by Gasteiger charge is 2.44. The van der Waals surface area contributed by atoms with Crippen molar-refractivity contribution in [3.05, 3.63) is 0 Å². The Hall–Kier alpha value is -1.06. The van der Waals surface area contributed by atoms with Gasteiger partial charge in [-0.15, -0.1) is 0 Å². The van der Waals surface area contributed by atoms with Gasteiger partial charge >= 0.3 is 6.09 Å². The van der Waals surface area contributed by atoms with Crippen molar-refractivity contribution in [1.82, 2.24) is 4.90 Å². The molecule has 2 bridgehead atoms. The molecule has 14 heavy (non-hydrogen) atoms. The largest absolute Gasteiger partial charge is 0.450 e. The highest BCUT2D eigenvalue weighted by atomic mass is 16.6. The lowest BCUT2D eigenvalue weighted by molar-refractivity contribution is -0.125. The molecule has 2 fully saturated rings. The molecule has 0 N–H and O–H groups in total. The molecule has 2 aliphatic heterocycles. The van der Waals surface area contributed by atoms with Gasteiger partial charge in [-0.25, -0.2) is 4.79 Å². The molecule has 1 amide bonds. The fraction of sp³-hybridized carbons (Fsp3) is 0.800. The van der Waals surface area contributed by atoms with Crippen molar-refractivity contribution in [3.63, 3.8) is 0 Å². The van der Waals surface area contributed by atoms with Gasteiger partial charge in [0.25, 0.3) is 0 Å². The molecule has 0 aromatic heterocycles. The third kappa shape index (κ3) is 1.38. The Morgan fingerprint density at radius 2 is 2.29 bits per heavy atom. The summed E-state index contributed by atoms with van der Waals surface area (Å²) >= 11 is 0. The van der Waals surface area contributed by atoms with Crippen molar-refractivity contribution in [2.24, 2.45) is 0 Å². The van der Waals surface area contributed by atoms with Crippen LogP contribution < -0.4 is 0 Å². The van der Waals surface area contributed by atoms with E-state index in [1.54, 1.807) is 11.8 Å². The third-order valence-corrected chi connectivity index (χ3v) is 3.08. The molecule has 2 unspecified atom stereocenters. The first kappa shape index (κ1) is 9.49. The number of nitrogens with zero attached hydrogens (tertiary/aromatic N) is 1. The SMILES string of the molecule is CCOC(=O)N1C2CCC(=O)C1CC2. The molecule has 0 aromatic carbocycles. The molecule has 2 atom stereocenters. The van der Waals surface area contributed by atoms with E-state index in [-0.39, 0.29) is 24.0 Å². The van der Waals surface area contributed by atoms with E-state index in [1.165, 1.54) is 0 Å². The molecule has 4 heteroatoms. The first-order valence-corrected chi connectivity index (χ1v) is 5.22. The van der Waals surface area contributed by atoms with E-state index in [0.717, 1.165) is 19.3 Å². The molecular formula is C10H15NO3. The summed E-state index contributed by atoms with van der Waals surface area (Å²) in [6, 6.07) is 0.0598. The zero-order valence-corrected chi connectivity index (χ0v) is 8.36. The van der Waals surface area contributed by atoms with Crippen LogP contribution in [0.5, 0.6) is 0 Å². The van der Waals surface area contributed by atoms with Gasteiger partial charge in [0.1, 0.15) is 0 Å². The number of rotatable bonds is 1. The molecule has 0 aromatic rings. The Morgan fingerprint density at radius 1 is 1.50 bits per heavy atom. The van der Waals surface area contributed by atoms with Gasteiger partial charge in [0, 0.05) is 12.5 Å². The Kier molecular flexibility index (Phi) is 2.44. The monoisotopic (exact) mass is 197 g/mol. The second kappa shape index (κ2) is 3.59. The van der Waals surface area contributed by atoms with Crippen molar-refractivity contribution in [1.29, 1.82) is 0 Å². The number of hydrogen-bond acceptors (Lipinski definition) is 3. The van der Waals surface area contributed by atoms with Crippen LogP contribution in [-0.4, -0.2) is 35.5 Å². The Bertz CT molecular complexity index is 264. The molecule has 2 aliphatic rings. The maximum atomic E-state index is 11.6. The number of ether oxygens (including phenoxy) is 1. The highest BCUT2D eigenvalue weighted by Crippen LogP contribution is 2.33. The molecule has 0 aliphatic carbocycles. The maximum absolute atomic E-state index is 11.6. The summed E-state index contributed by atoms with van der Waals surface area (Å²) in [5, 5.41) is 0. The number of piperidine rings is 1. The van der Waals surface area contributed by atoms with E-state index in [4.69, 9.17) is 4.74 Å². The molecule has 2 saturated heterocycles. The van der Waals surface area contributed by atoms with Crippen LogP contribution in [0, 0.1) is 0 Å². The lowest BCUT2D eigenvalue weighted by Crippen LogP contribution is -2.48. The zero-order chi connectivity index (χ0) is 10.1. The van der Waals surface area contributed by atoms with E-state index in [0.29, 0.717) is 13.0 Å². The van der Waals surface area contributed by atoms with Crippen molar-refractivity contribution in [2.45, 2.75) is 44.7 Å². The second-order valence-electron chi connectivity index (χ2n) is 3.86. The van der Waals surface area contributed by atoms with E-state index >= 15 is 0 Å². The van der Waals surface area contributed by atoms with Crippen molar-refractivity contribution in [3.8, 4) is 0 Å². The van der Waals surface area contributed by atoms with E-state index in [1.807, 2.05) is 0 Å². The van der Waals surface area contributed by atoms with Crippen LogP contribution in [0.3, 0.4) is 0 Å². The number of Topliss-reactive ketones (excluding diaryl/α,β-unsaturated/α-hetero) is 1. The lowest BCUT2D eigenvalue weighted by Gasteiger charge is -2.32. The summed E-state index contributed by atoms with van der Waals surface area (Å²) in [6.07, 6.45) is 2.91. The highest BCUT2D eigenvalue weighted by molar-refractivity contribution is 5.89. The number of fused-ring (bicyclic) bond motifs is 2. The smallest absolute Gasteiger partial charge is 0.410 e. The van der Waals surface area contributed by atoms with Gasteiger partial charge in [-0.3, -0.25) is 9.69 Å². The van der Waals surface area contributed by atoms with Gasteiger partial charge in [-0.2, -0.15) is 0 Å². The van der Waals surface area contributed by atoms with Gasteiger partial charge in [-0.05, 0) is 26.2 Å². The standard InChI is InChI=1S/C10H15NO3/c1-2-14-10(13)11-7-3-5-8(11)9(12)6-4-7/h7-8H,2-6H2,1H3. The summed E-state index contributed by atoms with van der Waals surface area (Å²) in [5.41, 5.74) is 0. The average Bonchev–Trinajstić information content (AvgIpc) is 2.50. The first-order chi connectivity index (χ1) is 6.74. The van der Waals surface area contributed by atoms with Crippen LogP contribution in [0.2, 0.25) is 0 Å². The number of carbonyl (C=O) groups excluding carboxylic acids is 2. The van der Waals surface area contributed by atoms with Gasteiger partial charge in [0.15, 0.2) is 5.78 Å². The fourth-order valence-electron chi connectivity index (χ4n) is 2.43. The molecule has 4 nitrogen and oxygen atoms in total. The zero-order valence-electron chi connectivity index (χ0n) is 8.36. The minimum absolute atomic E-state index is 0.187. The number of ketones is 1. The van der Waals surface area contributed by atoms with E-state index in [9.17, 15) is 9.59 Å². The van der Waals surface area contributed by atoms with Gasteiger partial charge in [0.05, 0.1) is 12.6 Å². The first-order valence-electron chi connectivity index (χ1n) is 5.22. The summed E-state index contributed by atoms with van der Waals surface area (Å²) < 4.78 is 4.95. The van der Waals surface area contributed by atoms with Crippen molar-refractivity contribution < 1.29 is 14.3 Å². The van der Waals surface area contributed by atoms with Crippen LogP contribution in [0.25, 0.3) is 0 Å². The molecular weight excluding hydrogens is 182 g/mol. The topological polar surface area (TPSA) is 46.6 Å². The molecule has 2 heterocycles. The Morgan fingerprint density at radius 3 is 3.00 bits per heavy atom. The van der Waals surface area contributed by atoms with Crippen LogP contribution in [0.4, 0.5) is 4.79 Å². The number of carbonyl (C=O) groups is 2. The fourth-order valence-corrected chi connectivity index (χ4v) is 2.43. The Balaban J connectivity index is 2.11.